The van der Waals surface area contributed by atoms with E-state index in [0.29, 0.717) is 36.3 Å². The average molecular weight is 382 g/mol. The molecule has 1 heterocycles. The second kappa shape index (κ2) is 8.78. The fourth-order valence-electron chi connectivity index (χ4n) is 3.06. The highest BCUT2D eigenvalue weighted by molar-refractivity contribution is 5.95. The van der Waals surface area contributed by atoms with Crippen LogP contribution < -0.4 is 19.7 Å². The Kier molecular flexibility index (Phi) is 6.19. The lowest BCUT2D eigenvalue weighted by molar-refractivity contribution is -0.117. The molecule has 0 bridgehead atoms. The van der Waals surface area contributed by atoms with Gasteiger partial charge in [-0.3, -0.25) is 9.59 Å². The maximum Gasteiger partial charge on any atom is 0.226 e. The highest BCUT2D eigenvalue weighted by Gasteiger charge is 2.18. The quantitative estimate of drug-likeness (QED) is 0.821. The number of fused-ring (bicyclic) bond motifs is 1. The lowest BCUT2D eigenvalue weighted by Crippen LogP contribution is -2.32. The van der Waals surface area contributed by atoms with Crippen molar-refractivity contribution in [2.75, 3.05) is 30.0 Å². The van der Waals surface area contributed by atoms with Gasteiger partial charge < -0.3 is 19.7 Å². The molecule has 6 nitrogen and oxygen atoms in total. The molecule has 0 atom stereocenters. The summed E-state index contributed by atoms with van der Waals surface area (Å²) in [6.07, 6.45) is 0.194. The molecule has 28 heavy (non-hydrogen) atoms. The van der Waals surface area contributed by atoms with Crippen molar-refractivity contribution in [2.45, 2.75) is 33.1 Å². The van der Waals surface area contributed by atoms with E-state index in [1.54, 1.807) is 23.1 Å². The molecule has 1 aliphatic rings. The molecule has 1 aliphatic heterocycles. The number of carbonyl (C=O) groups is 2. The first-order chi connectivity index (χ1) is 13.4. The standard InChI is InChI=1S/C22H26N2O4/c1-15(2)17-4-6-18(7-5-17)23-22(26)10-11-24(16(3)25)19-8-9-20-21(14-19)28-13-12-27-20/h4-9,14-15H,10-13H2,1-3H3,(H,23,26). The average Bonchev–Trinajstić information content (AvgIpc) is 2.68. The van der Waals surface area contributed by atoms with Gasteiger partial charge in [-0.05, 0) is 35.7 Å². The van der Waals surface area contributed by atoms with Gasteiger partial charge in [-0.2, -0.15) is 0 Å². The Balaban J connectivity index is 1.61. The molecular weight excluding hydrogens is 356 g/mol. The molecule has 0 fully saturated rings. The van der Waals surface area contributed by atoms with Crippen molar-refractivity contribution in [2.24, 2.45) is 0 Å². The molecule has 2 aromatic carbocycles. The Morgan fingerprint density at radius 3 is 2.36 bits per heavy atom. The topological polar surface area (TPSA) is 67.9 Å². The minimum absolute atomic E-state index is 0.134. The zero-order valence-electron chi connectivity index (χ0n) is 16.5. The zero-order valence-corrected chi connectivity index (χ0v) is 16.5. The van der Waals surface area contributed by atoms with Crippen LogP contribution in [-0.2, 0) is 9.59 Å². The fraction of sp³-hybridized carbons (Fsp3) is 0.364. The molecule has 3 rings (SSSR count). The van der Waals surface area contributed by atoms with Crippen LogP contribution in [0.4, 0.5) is 11.4 Å². The zero-order chi connectivity index (χ0) is 20.1. The summed E-state index contributed by atoms with van der Waals surface area (Å²) in [6, 6.07) is 13.2. The predicted molar refractivity (Wildman–Crippen MR) is 109 cm³/mol. The first-order valence-electron chi connectivity index (χ1n) is 9.51. The second-order valence-electron chi connectivity index (χ2n) is 7.07. The van der Waals surface area contributed by atoms with E-state index in [9.17, 15) is 9.59 Å². The monoisotopic (exact) mass is 382 g/mol. The van der Waals surface area contributed by atoms with Crippen LogP contribution in [0.5, 0.6) is 11.5 Å². The SMILES string of the molecule is CC(=O)N(CCC(=O)Nc1ccc(C(C)C)cc1)c1ccc2c(c1)OCCO2. The van der Waals surface area contributed by atoms with Crippen molar-refractivity contribution in [1.82, 2.24) is 0 Å². The van der Waals surface area contributed by atoms with Gasteiger partial charge in [-0.15, -0.1) is 0 Å². The van der Waals surface area contributed by atoms with E-state index in [2.05, 4.69) is 19.2 Å². The summed E-state index contributed by atoms with van der Waals surface area (Å²) in [7, 11) is 0. The summed E-state index contributed by atoms with van der Waals surface area (Å²) >= 11 is 0. The van der Waals surface area contributed by atoms with Gasteiger partial charge >= 0.3 is 0 Å². The number of nitrogens with zero attached hydrogens (tertiary/aromatic N) is 1. The van der Waals surface area contributed by atoms with Gasteiger partial charge in [0.05, 0.1) is 0 Å². The van der Waals surface area contributed by atoms with Crippen molar-refractivity contribution in [3.63, 3.8) is 0 Å². The van der Waals surface area contributed by atoms with Gasteiger partial charge in [0.25, 0.3) is 0 Å². The number of ether oxygens (including phenoxy) is 2. The minimum Gasteiger partial charge on any atom is -0.486 e. The van der Waals surface area contributed by atoms with Crippen LogP contribution in [0.1, 0.15) is 38.7 Å². The summed E-state index contributed by atoms with van der Waals surface area (Å²) in [4.78, 5) is 26.0. The van der Waals surface area contributed by atoms with Gasteiger partial charge in [-0.1, -0.05) is 26.0 Å². The first kappa shape index (κ1) is 19.7. The molecule has 1 N–H and O–H groups in total. The Labute approximate surface area is 165 Å². The van der Waals surface area contributed by atoms with Crippen LogP contribution in [0.25, 0.3) is 0 Å². The highest BCUT2D eigenvalue weighted by atomic mass is 16.6. The molecule has 148 valence electrons. The molecule has 2 aromatic rings. The highest BCUT2D eigenvalue weighted by Crippen LogP contribution is 2.34. The van der Waals surface area contributed by atoms with Crippen molar-refractivity contribution in [1.29, 1.82) is 0 Å². The maximum absolute atomic E-state index is 12.3. The van der Waals surface area contributed by atoms with E-state index >= 15 is 0 Å². The Morgan fingerprint density at radius 2 is 1.71 bits per heavy atom. The third kappa shape index (κ3) is 4.82. The van der Waals surface area contributed by atoms with E-state index < -0.39 is 0 Å². The van der Waals surface area contributed by atoms with Crippen molar-refractivity contribution in [3.05, 3.63) is 48.0 Å². The van der Waals surface area contributed by atoms with Gasteiger partial charge in [0.1, 0.15) is 13.2 Å². The minimum atomic E-state index is -0.138. The van der Waals surface area contributed by atoms with Crippen LogP contribution in [0, 0.1) is 0 Å². The molecule has 0 aliphatic carbocycles. The van der Waals surface area contributed by atoms with Crippen molar-refractivity contribution in [3.8, 4) is 11.5 Å². The lowest BCUT2D eigenvalue weighted by Gasteiger charge is -2.24. The van der Waals surface area contributed by atoms with E-state index in [4.69, 9.17) is 9.47 Å². The van der Waals surface area contributed by atoms with Gasteiger partial charge in [0.2, 0.25) is 11.8 Å². The third-order valence-corrected chi connectivity index (χ3v) is 4.64. The fourth-order valence-corrected chi connectivity index (χ4v) is 3.06. The molecule has 0 unspecified atom stereocenters. The predicted octanol–water partition coefficient (Wildman–Crippen LogP) is 3.96. The van der Waals surface area contributed by atoms with Crippen LogP contribution >= 0.6 is 0 Å². The molecule has 6 heteroatoms. The molecular formula is C22H26N2O4. The number of benzene rings is 2. The van der Waals surface area contributed by atoms with Crippen LogP contribution in [-0.4, -0.2) is 31.6 Å². The van der Waals surface area contributed by atoms with Gasteiger partial charge in [0.15, 0.2) is 11.5 Å². The number of amides is 2. The van der Waals surface area contributed by atoms with Gasteiger partial charge in [-0.25, -0.2) is 0 Å². The lowest BCUT2D eigenvalue weighted by atomic mass is 10.0. The summed E-state index contributed by atoms with van der Waals surface area (Å²) in [5.41, 5.74) is 2.66. The summed E-state index contributed by atoms with van der Waals surface area (Å²) < 4.78 is 11.1. The molecule has 0 aromatic heterocycles. The molecule has 0 saturated heterocycles. The largest absolute Gasteiger partial charge is 0.486 e. The first-order valence-corrected chi connectivity index (χ1v) is 9.51. The van der Waals surface area contributed by atoms with Gasteiger partial charge in [0, 0.05) is 37.3 Å². The molecule has 0 spiro atoms. The van der Waals surface area contributed by atoms with E-state index in [1.807, 2.05) is 24.3 Å². The smallest absolute Gasteiger partial charge is 0.226 e. The Bertz CT molecular complexity index is 846. The van der Waals surface area contributed by atoms with Crippen molar-refractivity contribution >= 4 is 23.2 Å². The molecule has 2 amide bonds. The maximum atomic E-state index is 12.3. The summed E-state index contributed by atoms with van der Waals surface area (Å²) in [5, 5.41) is 2.88. The van der Waals surface area contributed by atoms with Crippen molar-refractivity contribution < 1.29 is 19.1 Å². The van der Waals surface area contributed by atoms with E-state index in [0.717, 1.165) is 5.69 Å². The van der Waals surface area contributed by atoms with Crippen LogP contribution in [0.15, 0.2) is 42.5 Å². The third-order valence-electron chi connectivity index (χ3n) is 4.64. The number of hydrogen-bond acceptors (Lipinski definition) is 4. The van der Waals surface area contributed by atoms with E-state index in [-0.39, 0.29) is 24.8 Å². The summed E-state index contributed by atoms with van der Waals surface area (Å²) in [5.74, 6) is 1.46. The van der Waals surface area contributed by atoms with Crippen LogP contribution in [0.3, 0.4) is 0 Å². The number of carbonyl (C=O) groups excluding carboxylic acids is 2. The van der Waals surface area contributed by atoms with E-state index in [1.165, 1.54) is 12.5 Å². The molecule has 0 saturated carbocycles. The number of rotatable bonds is 6. The number of anilines is 2. The number of nitrogens with one attached hydrogen (secondary N) is 1. The molecule has 0 radical (unpaired) electrons. The summed E-state index contributed by atoms with van der Waals surface area (Å²) in [6.45, 7) is 7.02. The Morgan fingerprint density at radius 1 is 1.04 bits per heavy atom. The van der Waals surface area contributed by atoms with Crippen LogP contribution in [0.2, 0.25) is 0 Å². The number of hydrogen-bond donors (Lipinski definition) is 1. The normalized spacial score (nSPS) is 12.6. The Hall–Kier alpha value is -3.02. The second-order valence-corrected chi connectivity index (χ2v) is 7.07.